The number of nitriles is 1. The van der Waals surface area contributed by atoms with Gasteiger partial charge in [-0.05, 0) is 53.6 Å². The molecule has 2 N–H and O–H groups in total. The SMILES string of the molecule is N#CCOc1ccc(/C=C/C(=O)NCc2cccc(NC(=O)c3ccco3)c2)cc1. The lowest BCUT2D eigenvalue weighted by Gasteiger charge is -2.07. The minimum Gasteiger partial charge on any atom is -0.479 e. The van der Waals surface area contributed by atoms with Gasteiger partial charge in [0.1, 0.15) is 11.8 Å². The first-order chi connectivity index (χ1) is 14.6. The van der Waals surface area contributed by atoms with Crippen molar-refractivity contribution < 1.29 is 18.7 Å². The van der Waals surface area contributed by atoms with E-state index < -0.39 is 0 Å². The molecule has 1 heterocycles. The first-order valence-electron chi connectivity index (χ1n) is 9.13. The Morgan fingerprint density at radius 2 is 1.93 bits per heavy atom. The Labute approximate surface area is 173 Å². The average Bonchev–Trinajstić information content (AvgIpc) is 3.31. The van der Waals surface area contributed by atoms with Gasteiger partial charge >= 0.3 is 0 Å². The number of carbonyl (C=O) groups is 2. The van der Waals surface area contributed by atoms with Crippen LogP contribution in [-0.2, 0) is 11.3 Å². The number of anilines is 1. The van der Waals surface area contributed by atoms with Gasteiger partial charge in [0, 0.05) is 18.3 Å². The number of nitrogens with zero attached hydrogens (tertiary/aromatic N) is 1. The maximum Gasteiger partial charge on any atom is 0.291 e. The maximum absolute atomic E-state index is 12.1. The molecule has 150 valence electrons. The van der Waals surface area contributed by atoms with Gasteiger partial charge in [0.25, 0.3) is 5.91 Å². The standard InChI is InChI=1S/C23H19N3O4/c24-12-14-29-20-9-6-17(7-10-20)8-11-22(27)25-16-18-3-1-4-19(15-18)26-23(28)21-5-2-13-30-21/h1-11,13,15H,14,16H2,(H,25,27)(H,26,28)/b11-8+. The van der Waals surface area contributed by atoms with Crippen LogP contribution in [0.1, 0.15) is 21.7 Å². The molecule has 7 heteroatoms. The topological polar surface area (TPSA) is 104 Å². The second-order valence-electron chi connectivity index (χ2n) is 6.20. The van der Waals surface area contributed by atoms with Crippen LogP contribution in [0.3, 0.4) is 0 Å². The van der Waals surface area contributed by atoms with E-state index in [1.165, 1.54) is 12.3 Å². The Hall–Kier alpha value is -4.31. The second kappa shape index (κ2) is 10.3. The molecule has 30 heavy (non-hydrogen) atoms. The summed E-state index contributed by atoms with van der Waals surface area (Å²) in [7, 11) is 0. The number of hydrogen-bond donors (Lipinski definition) is 2. The minimum atomic E-state index is -0.340. The zero-order valence-electron chi connectivity index (χ0n) is 16.0. The molecule has 0 aliphatic heterocycles. The summed E-state index contributed by atoms with van der Waals surface area (Å²) in [5, 5.41) is 14.0. The fraction of sp³-hybridized carbons (Fsp3) is 0.0870. The second-order valence-corrected chi connectivity index (χ2v) is 6.20. The van der Waals surface area contributed by atoms with E-state index in [2.05, 4.69) is 10.6 Å². The molecule has 3 aromatic rings. The molecule has 0 spiro atoms. The van der Waals surface area contributed by atoms with Gasteiger partial charge in [-0.2, -0.15) is 5.26 Å². The number of rotatable bonds is 8. The van der Waals surface area contributed by atoms with Crippen LogP contribution < -0.4 is 15.4 Å². The highest BCUT2D eigenvalue weighted by Gasteiger charge is 2.08. The maximum atomic E-state index is 12.1. The van der Waals surface area contributed by atoms with Gasteiger partial charge in [0.2, 0.25) is 5.91 Å². The summed E-state index contributed by atoms with van der Waals surface area (Å²) < 4.78 is 10.2. The smallest absolute Gasteiger partial charge is 0.291 e. The highest BCUT2D eigenvalue weighted by molar-refractivity contribution is 6.02. The third kappa shape index (κ3) is 6.11. The molecule has 0 unspecified atom stereocenters. The van der Waals surface area contributed by atoms with E-state index in [9.17, 15) is 9.59 Å². The molecule has 0 atom stereocenters. The van der Waals surface area contributed by atoms with Crippen molar-refractivity contribution in [1.29, 1.82) is 5.26 Å². The molecule has 2 aromatic carbocycles. The normalized spacial score (nSPS) is 10.4. The Morgan fingerprint density at radius 1 is 1.10 bits per heavy atom. The molecular formula is C23H19N3O4. The van der Waals surface area contributed by atoms with Crippen LogP contribution in [0.25, 0.3) is 6.08 Å². The summed E-state index contributed by atoms with van der Waals surface area (Å²) in [6.07, 6.45) is 4.56. The van der Waals surface area contributed by atoms with Gasteiger partial charge in [0.05, 0.1) is 6.26 Å². The van der Waals surface area contributed by atoms with Gasteiger partial charge in [0.15, 0.2) is 12.4 Å². The third-order valence-corrected chi connectivity index (χ3v) is 4.01. The number of carbonyl (C=O) groups excluding carboxylic acids is 2. The lowest BCUT2D eigenvalue weighted by Crippen LogP contribution is -2.20. The van der Waals surface area contributed by atoms with E-state index in [-0.39, 0.29) is 24.2 Å². The molecule has 0 fully saturated rings. The van der Waals surface area contributed by atoms with E-state index in [1.54, 1.807) is 60.7 Å². The van der Waals surface area contributed by atoms with Gasteiger partial charge in [-0.1, -0.05) is 24.3 Å². The number of hydrogen-bond acceptors (Lipinski definition) is 5. The lowest BCUT2D eigenvalue weighted by atomic mass is 10.2. The molecule has 0 aliphatic carbocycles. The molecule has 0 saturated heterocycles. The highest BCUT2D eigenvalue weighted by atomic mass is 16.5. The van der Waals surface area contributed by atoms with E-state index in [1.807, 2.05) is 12.1 Å². The summed E-state index contributed by atoms with van der Waals surface area (Å²) in [5.74, 6) is 0.235. The van der Waals surface area contributed by atoms with Crippen molar-refractivity contribution in [1.82, 2.24) is 5.32 Å². The first kappa shape index (κ1) is 20.4. The van der Waals surface area contributed by atoms with Crippen LogP contribution in [0.15, 0.2) is 77.4 Å². The number of benzene rings is 2. The predicted molar refractivity (Wildman–Crippen MR) is 112 cm³/mol. The van der Waals surface area contributed by atoms with E-state index in [0.29, 0.717) is 18.0 Å². The van der Waals surface area contributed by atoms with Crippen molar-refractivity contribution >= 4 is 23.6 Å². The molecule has 1 aromatic heterocycles. The molecule has 3 rings (SSSR count). The van der Waals surface area contributed by atoms with Crippen LogP contribution >= 0.6 is 0 Å². The largest absolute Gasteiger partial charge is 0.479 e. The van der Waals surface area contributed by atoms with E-state index >= 15 is 0 Å². The van der Waals surface area contributed by atoms with Crippen molar-refractivity contribution in [3.63, 3.8) is 0 Å². The Kier molecular flexibility index (Phi) is 7.01. The Bertz CT molecular complexity index is 1060. The average molecular weight is 401 g/mol. The summed E-state index contributed by atoms with van der Waals surface area (Å²) in [4.78, 5) is 24.1. The monoisotopic (exact) mass is 401 g/mol. The summed E-state index contributed by atoms with van der Waals surface area (Å²) in [6, 6.07) is 19.4. The van der Waals surface area contributed by atoms with Crippen molar-refractivity contribution in [3.05, 3.63) is 89.9 Å². The molecular weight excluding hydrogens is 382 g/mol. The number of furan rings is 1. The van der Waals surface area contributed by atoms with Crippen molar-refractivity contribution in [2.24, 2.45) is 0 Å². The molecule has 0 aliphatic rings. The zero-order valence-corrected chi connectivity index (χ0v) is 16.0. The minimum absolute atomic E-state index is 0.00861. The van der Waals surface area contributed by atoms with Crippen LogP contribution in [0.5, 0.6) is 5.75 Å². The fourth-order valence-electron chi connectivity index (χ4n) is 2.57. The van der Waals surface area contributed by atoms with Gasteiger partial charge in [-0.25, -0.2) is 0 Å². The summed E-state index contributed by atoms with van der Waals surface area (Å²) in [5.41, 5.74) is 2.28. The van der Waals surface area contributed by atoms with E-state index in [4.69, 9.17) is 14.4 Å². The molecule has 0 bridgehead atoms. The molecule has 0 saturated carbocycles. The highest BCUT2D eigenvalue weighted by Crippen LogP contribution is 2.14. The van der Waals surface area contributed by atoms with Gasteiger partial charge in [-0.3, -0.25) is 9.59 Å². The summed E-state index contributed by atoms with van der Waals surface area (Å²) >= 11 is 0. The van der Waals surface area contributed by atoms with Crippen LogP contribution in [0.4, 0.5) is 5.69 Å². The Balaban J connectivity index is 1.50. The zero-order chi connectivity index (χ0) is 21.2. The first-order valence-corrected chi connectivity index (χ1v) is 9.13. The quantitative estimate of drug-likeness (QED) is 0.559. The third-order valence-electron chi connectivity index (χ3n) is 4.01. The van der Waals surface area contributed by atoms with Crippen LogP contribution in [0, 0.1) is 11.3 Å². The van der Waals surface area contributed by atoms with E-state index in [0.717, 1.165) is 11.1 Å². The summed E-state index contributed by atoms with van der Waals surface area (Å²) in [6.45, 7) is 0.305. The lowest BCUT2D eigenvalue weighted by molar-refractivity contribution is -0.116. The van der Waals surface area contributed by atoms with Gasteiger partial charge < -0.3 is 19.8 Å². The molecule has 0 radical (unpaired) electrons. The number of nitrogens with one attached hydrogen (secondary N) is 2. The number of amides is 2. The van der Waals surface area contributed by atoms with Crippen molar-refractivity contribution in [3.8, 4) is 11.8 Å². The molecule has 2 amide bonds. The number of ether oxygens (including phenoxy) is 1. The van der Waals surface area contributed by atoms with Crippen molar-refractivity contribution in [2.75, 3.05) is 11.9 Å². The van der Waals surface area contributed by atoms with Gasteiger partial charge in [-0.15, -0.1) is 0 Å². The van der Waals surface area contributed by atoms with Crippen molar-refractivity contribution in [2.45, 2.75) is 6.54 Å². The Morgan fingerprint density at radius 3 is 2.67 bits per heavy atom. The van der Waals surface area contributed by atoms with Crippen LogP contribution in [0.2, 0.25) is 0 Å². The predicted octanol–water partition coefficient (Wildman–Crippen LogP) is 3.76. The van der Waals surface area contributed by atoms with Crippen LogP contribution in [-0.4, -0.2) is 18.4 Å². The fourth-order valence-corrected chi connectivity index (χ4v) is 2.57. The molecule has 7 nitrogen and oxygen atoms in total.